The Labute approximate surface area is 119 Å². The zero-order valence-electron chi connectivity index (χ0n) is 11.1. The first-order chi connectivity index (χ1) is 10.2. The molecule has 0 bridgehead atoms. The summed E-state index contributed by atoms with van der Waals surface area (Å²) in [6.45, 7) is 0. The Morgan fingerprint density at radius 3 is 2.33 bits per heavy atom. The van der Waals surface area contributed by atoms with Crippen LogP contribution in [0.4, 0.5) is 14.5 Å². The van der Waals surface area contributed by atoms with Crippen LogP contribution in [-0.2, 0) is 0 Å². The summed E-state index contributed by atoms with van der Waals surface area (Å²) in [4.78, 5) is 4.19. The second kappa shape index (κ2) is 5.32. The Bertz CT molecular complexity index is 769. The van der Waals surface area contributed by atoms with Crippen molar-refractivity contribution in [1.82, 2.24) is 10.1 Å². The van der Waals surface area contributed by atoms with Gasteiger partial charge in [-0.2, -0.15) is 4.98 Å². The lowest BCUT2D eigenvalue weighted by Crippen LogP contribution is -1.88. The van der Waals surface area contributed by atoms with E-state index in [4.69, 9.17) is 4.52 Å². The van der Waals surface area contributed by atoms with Gasteiger partial charge < -0.3 is 9.84 Å². The maximum atomic E-state index is 13.2. The van der Waals surface area contributed by atoms with Gasteiger partial charge in [-0.1, -0.05) is 5.16 Å². The summed E-state index contributed by atoms with van der Waals surface area (Å²) in [5, 5.41) is 6.79. The van der Waals surface area contributed by atoms with Crippen LogP contribution in [-0.4, -0.2) is 17.2 Å². The summed E-state index contributed by atoms with van der Waals surface area (Å²) in [5.41, 5.74) is 2.06. The average molecular weight is 287 g/mol. The third-order valence-electron chi connectivity index (χ3n) is 3.02. The fraction of sp³-hybridized carbons (Fsp3) is 0.0667. The quantitative estimate of drug-likeness (QED) is 0.797. The minimum Gasteiger partial charge on any atom is -0.388 e. The van der Waals surface area contributed by atoms with Gasteiger partial charge in [0, 0.05) is 23.9 Å². The van der Waals surface area contributed by atoms with Crippen molar-refractivity contribution in [2.75, 3.05) is 12.4 Å². The van der Waals surface area contributed by atoms with Gasteiger partial charge in [-0.15, -0.1) is 0 Å². The van der Waals surface area contributed by atoms with Crippen LogP contribution in [0.15, 0.2) is 47.0 Å². The fourth-order valence-electron chi connectivity index (χ4n) is 1.87. The third kappa shape index (κ3) is 2.60. The molecule has 106 valence electrons. The summed E-state index contributed by atoms with van der Waals surface area (Å²) >= 11 is 0. The largest absolute Gasteiger partial charge is 0.388 e. The van der Waals surface area contributed by atoms with Crippen molar-refractivity contribution < 1.29 is 13.3 Å². The molecule has 0 saturated carbocycles. The number of rotatable bonds is 3. The van der Waals surface area contributed by atoms with Crippen LogP contribution in [0.5, 0.6) is 0 Å². The van der Waals surface area contributed by atoms with E-state index < -0.39 is 11.6 Å². The van der Waals surface area contributed by atoms with Crippen molar-refractivity contribution in [3.63, 3.8) is 0 Å². The minimum atomic E-state index is -0.947. The molecule has 0 atom stereocenters. The summed E-state index contributed by atoms with van der Waals surface area (Å²) in [6.07, 6.45) is 0. The van der Waals surface area contributed by atoms with Crippen molar-refractivity contribution in [2.24, 2.45) is 0 Å². The molecule has 0 saturated heterocycles. The summed E-state index contributed by atoms with van der Waals surface area (Å²) in [6, 6.07) is 10.9. The Morgan fingerprint density at radius 1 is 0.952 bits per heavy atom. The van der Waals surface area contributed by atoms with Crippen molar-refractivity contribution in [1.29, 1.82) is 0 Å². The highest BCUT2D eigenvalue weighted by atomic mass is 19.2. The summed E-state index contributed by atoms with van der Waals surface area (Å²) < 4.78 is 31.3. The minimum absolute atomic E-state index is 0.210. The van der Waals surface area contributed by atoms with Crippen LogP contribution in [0.25, 0.3) is 22.8 Å². The van der Waals surface area contributed by atoms with Gasteiger partial charge in [0.15, 0.2) is 11.6 Å². The number of aromatic nitrogens is 2. The number of benzene rings is 2. The van der Waals surface area contributed by atoms with Gasteiger partial charge in [0.25, 0.3) is 5.89 Å². The first-order valence-electron chi connectivity index (χ1n) is 6.24. The predicted octanol–water partition coefficient (Wildman–Crippen LogP) is 3.72. The molecule has 0 unspecified atom stereocenters. The fourth-order valence-corrected chi connectivity index (χ4v) is 1.87. The predicted molar refractivity (Wildman–Crippen MR) is 74.6 cm³/mol. The number of halogens is 2. The van der Waals surface area contributed by atoms with E-state index >= 15 is 0 Å². The van der Waals surface area contributed by atoms with Gasteiger partial charge in [-0.3, -0.25) is 0 Å². The van der Waals surface area contributed by atoms with E-state index in [-0.39, 0.29) is 5.82 Å². The third-order valence-corrected chi connectivity index (χ3v) is 3.02. The molecule has 0 spiro atoms. The molecule has 3 rings (SSSR count). The normalized spacial score (nSPS) is 10.6. The highest BCUT2D eigenvalue weighted by Crippen LogP contribution is 2.24. The number of nitrogens with one attached hydrogen (secondary N) is 1. The molecule has 0 aliphatic rings. The number of hydrogen-bond acceptors (Lipinski definition) is 4. The lowest BCUT2D eigenvalue weighted by atomic mass is 10.2. The van der Waals surface area contributed by atoms with Crippen LogP contribution < -0.4 is 5.32 Å². The van der Waals surface area contributed by atoms with E-state index in [0.29, 0.717) is 11.5 Å². The SMILES string of the molecule is CNc1ccc(-c2nc(-c3ccc(F)c(F)c3)no2)cc1. The molecule has 0 amide bonds. The maximum Gasteiger partial charge on any atom is 0.258 e. The molecular weight excluding hydrogens is 276 g/mol. The van der Waals surface area contributed by atoms with Crippen LogP contribution in [0.3, 0.4) is 0 Å². The van der Waals surface area contributed by atoms with Crippen molar-refractivity contribution in [3.05, 3.63) is 54.1 Å². The van der Waals surface area contributed by atoms with Gasteiger partial charge in [0.2, 0.25) is 5.82 Å². The van der Waals surface area contributed by atoms with E-state index in [0.717, 1.165) is 23.4 Å². The van der Waals surface area contributed by atoms with Crippen LogP contribution in [0.1, 0.15) is 0 Å². The zero-order valence-corrected chi connectivity index (χ0v) is 11.1. The average Bonchev–Trinajstić information content (AvgIpc) is 3.00. The first kappa shape index (κ1) is 13.2. The van der Waals surface area contributed by atoms with Crippen LogP contribution >= 0.6 is 0 Å². The molecular formula is C15H11F2N3O. The van der Waals surface area contributed by atoms with E-state index in [1.807, 2.05) is 31.3 Å². The lowest BCUT2D eigenvalue weighted by molar-refractivity contribution is 0.432. The van der Waals surface area contributed by atoms with E-state index in [2.05, 4.69) is 15.5 Å². The molecule has 0 aliphatic carbocycles. The summed E-state index contributed by atoms with van der Waals surface area (Å²) in [7, 11) is 1.82. The number of anilines is 1. The van der Waals surface area contributed by atoms with Crippen LogP contribution in [0, 0.1) is 11.6 Å². The molecule has 3 aromatic rings. The molecule has 0 radical (unpaired) electrons. The molecule has 1 N–H and O–H groups in total. The Kier molecular flexibility index (Phi) is 3.35. The van der Waals surface area contributed by atoms with Crippen molar-refractivity contribution in [2.45, 2.75) is 0 Å². The molecule has 21 heavy (non-hydrogen) atoms. The topological polar surface area (TPSA) is 51.0 Å². The van der Waals surface area contributed by atoms with Gasteiger partial charge in [-0.05, 0) is 42.5 Å². The van der Waals surface area contributed by atoms with E-state index in [9.17, 15) is 8.78 Å². The molecule has 0 fully saturated rings. The monoisotopic (exact) mass is 287 g/mol. The molecule has 6 heteroatoms. The second-order valence-corrected chi connectivity index (χ2v) is 4.38. The molecule has 1 aromatic heterocycles. The highest BCUT2D eigenvalue weighted by molar-refractivity contribution is 5.62. The van der Waals surface area contributed by atoms with Crippen molar-refractivity contribution >= 4 is 5.69 Å². The van der Waals surface area contributed by atoms with Gasteiger partial charge in [0.1, 0.15) is 0 Å². The van der Waals surface area contributed by atoms with Crippen LogP contribution in [0.2, 0.25) is 0 Å². The smallest absolute Gasteiger partial charge is 0.258 e. The Balaban J connectivity index is 1.93. The first-order valence-corrected chi connectivity index (χ1v) is 6.24. The molecule has 4 nitrogen and oxygen atoms in total. The van der Waals surface area contributed by atoms with Gasteiger partial charge in [0.05, 0.1) is 0 Å². The van der Waals surface area contributed by atoms with E-state index in [1.165, 1.54) is 6.07 Å². The molecule has 0 aliphatic heterocycles. The maximum absolute atomic E-state index is 13.2. The highest BCUT2D eigenvalue weighted by Gasteiger charge is 2.12. The second-order valence-electron chi connectivity index (χ2n) is 4.38. The summed E-state index contributed by atoms with van der Waals surface area (Å²) in [5.74, 6) is -1.33. The molecule has 1 heterocycles. The zero-order chi connectivity index (χ0) is 14.8. The number of hydrogen-bond donors (Lipinski definition) is 1. The number of nitrogens with zero attached hydrogens (tertiary/aromatic N) is 2. The Morgan fingerprint density at radius 2 is 1.67 bits per heavy atom. The van der Waals surface area contributed by atoms with Crippen molar-refractivity contribution in [3.8, 4) is 22.8 Å². The van der Waals surface area contributed by atoms with E-state index in [1.54, 1.807) is 0 Å². The Hall–Kier alpha value is -2.76. The molecule has 2 aromatic carbocycles. The standard InChI is InChI=1S/C15H11F2N3O/c1-18-11-5-2-9(3-6-11)15-19-14(20-21-15)10-4-7-12(16)13(17)8-10/h2-8,18H,1H3. The van der Waals surface area contributed by atoms with Gasteiger partial charge >= 0.3 is 0 Å². The van der Waals surface area contributed by atoms with Gasteiger partial charge in [-0.25, -0.2) is 8.78 Å². The lowest BCUT2D eigenvalue weighted by Gasteiger charge is -1.99.